The lowest BCUT2D eigenvalue weighted by atomic mass is 10.4. The molecule has 3 heterocycles. The topological polar surface area (TPSA) is 99.2 Å². The average molecular weight is 350 g/mol. The Morgan fingerprint density at radius 1 is 1.29 bits per heavy atom. The lowest BCUT2D eigenvalue weighted by molar-refractivity contribution is 0.714. The van der Waals surface area contributed by atoms with Gasteiger partial charge in [-0.3, -0.25) is 0 Å². The first kappa shape index (κ1) is 13.6. The van der Waals surface area contributed by atoms with Crippen molar-refractivity contribution in [1.29, 1.82) is 0 Å². The number of nitrogens with one attached hydrogen (secondary N) is 1. The summed E-state index contributed by atoms with van der Waals surface area (Å²) in [6.45, 7) is 2.67. The molecule has 0 aliphatic heterocycles. The van der Waals surface area contributed by atoms with Crippen LogP contribution in [-0.4, -0.2) is 46.3 Å². The largest absolute Gasteiger partial charge is 0.354 e. The zero-order valence-electron chi connectivity index (χ0n) is 11.4. The standard InChI is InChI=1S/C11H12BrN9/c1-3-13-10-15-9(7-8(12)18-19-20(7)2)16-11(17-10)21-6-4-5-14-21/h4-6H,3H2,1-2H3,(H,13,15,16,17). The molecule has 0 aromatic carbocycles. The van der Waals surface area contributed by atoms with Crippen LogP contribution in [0.2, 0.25) is 0 Å². The SMILES string of the molecule is CCNc1nc(-c2c(Br)nnn2C)nc(-n2cccn2)n1. The van der Waals surface area contributed by atoms with E-state index >= 15 is 0 Å². The Hall–Kier alpha value is -2.36. The van der Waals surface area contributed by atoms with Crippen molar-refractivity contribution in [2.24, 2.45) is 7.05 Å². The molecule has 0 radical (unpaired) electrons. The van der Waals surface area contributed by atoms with Crippen LogP contribution >= 0.6 is 15.9 Å². The highest BCUT2D eigenvalue weighted by molar-refractivity contribution is 9.10. The summed E-state index contributed by atoms with van der Waals surface area (Å²) in [6.07, 6.45) is 3.43. The number of aryl methyl sites for hydroxylation is 1. The first-order valence-electron chi connectivity index (χ1n) is 6.24. The number of aromatic nitrogens is 8. The maximum Gasteiger partial charge on any atom is 0.255 e. The number of hydrogen-bond acceptors (Lipinski definition) is 7. The van der Waals surface area contributed by atoms with Crippen LogP contribution in [0.4, 0.5) is 5.95 Å². The van der Waals surface area contributed by atoms with Gasteiger partial charge in [0, 0.05) is 26.0 Å². The minimum atomic E-state index is 0.425. The molecule has 0 aliphatic rings. The molecule has 0 bridgehead atoms. The fourth-order valence-corrected chi connectivity index (χ4v) is 2.27. The third kappa shape index (κ3) is 2.61. The fourth-order valence-electron chi connectivity index (χ4n) is 1.77. The number of halogens is 1. The maximum atomic E-state index is 4.43. The fraction of sp³-hybridized carbons (Fsp3) is 0.273. The molecule has 0 amide bonds. The molecule has 0 atom stereocenters. The summed E-state index contributed by atoms with van der Waals surface area (Å²) in [7, 11) is 1.78. The highest BCUT2D eigenvalue weighted by Gasteiger charge is 2.17. The number of rotatable bonds is 4. The molecular weight excluding hydrogens is 338 g/mol. The zero-order chi connectivity index (χ0) is 14.8. The third-order valence-electron chi connectivity index (χ3n) is 2.67. The number of nitrogens with zero attached hydrogens (tertiary/aromatic N) is 8. The second kappa shape index (κ2) is 5.56. The molecule has 9 nitrogen and oxygen atoms in total. The van der Waals surface area contributed by atoms with Gasteiger partial charge in [0.2, 0.25) is 5.95 Å². The second-order valence-electron chi connectivity index (χ2n) is 4.12. The van der Waals surface area contributed by atoms with Gasteiger partial charge in [-0.1, -0.05) is 5.21 Å². The van der Waals surface area contributed by atoms with Crippen molar-refractivity contribution >= 4 is 21.9 Å². The highest BCUT2D eigenvalue weighted by Crippen LogP contribution is 2.23. The zero-order valence-corrected chi connectivity index (χ0v) is 13.0. The summed E-state index contributed by atoms with van der Waals surface area (Å²) in [5, 5.41) is 15.1. The Morgan fingerprint density at radius 2 is 2.14 bits per heavy atom. The van der Waals surface area contributed by atoms with E-state index in [-0.39, 0.29) is 0 Å². The van der Waals surface area contributed by atoms with Crippen LogP contribution in [-0.2, 0) is 7.05 Å². The van der Waals surface area contributed by atoms with E-state index in [0.29, 0.717) is 34.6 Å². The van der Waals surface area contributed by atoms with Gasteiger partial charge in [-0.15, -0.1) is 5.10 Å². The van der Waals surface area contributed by atoms with Crippen LogP contribution in [0, 0.1) is 0 Å². The molecule has 10 heteroatoms. The molecule has 0 unspecified atom stereocenters. The minimum Gasteiger partial charge on any atom is -0.354 e. The van der Waals surface area contributed by atoms with E-state index in [0.717, 1.165) is 0 Å². The predicted octanol–water partition coefficient (Wildman–Crippen LogP) is 1.05. The number of anilines is 1. The van der Waals surface area contributed by atoms with Gasteiger partial charge in [0.1, 0.15) is 5.69 Å². The van der Waals surface area contributed by atoms with Crippen LogP contribution in [0.15, 0.2) is 23.1 Å². The van der Waals surface area contributed by atoms with E-state index in [1.807, 2.05) is 6.92 Å². The third-order valence-corrected chi connectivity index (χ3v) is 3.20. The van der Waals surface area contributed by atoms with Crippen molar-refractivity contribution in [1.82, 2.24) is 39.7 Å². The Bertz CT molecular complexity index is 730. The Labute approximate surface area is 128 Å². The Morgan fingerprint density at radius 3 is 2.76 bits per heavy atom. The van der Waals surface area contributed by atoms with Gasteiger partial charge >= 0.3 is 0 Å². The van der Waals surface area contributed by atoms with Crippen LogP contribution in [0.5, 0.6) is 0 Å². The molecule has 3 rings (SSSR count). The summed E-state index contributed by atoms with van der Waals surface area (Å²) in [5.41, 5.74) is 0.671. The van der Waals surface area contributed by atoms with E-state index in [1.54, 1.807) is 34.9 Å². The van der Waals surface area contributed by atoms with Crippen LogP contribution < -0.4 is 5.32 Å². The molecule has 21 heavy (non-hydrogen) atoms. The summed E-state index contributed by atoms with van der Waals surface area (Å²) in [6, 6.07) is 1.80. The Balaban J connectivity index is 2.16. The summed E-state index contributed by atoms with van der Waals surface area (Å²) < 4.78 is 3.75. The molecule has 3 aromatic heterocycles. The highest BCUT2D eigenvalue weighted by atomic mass is 79.9. The van der Waals surface area contributed by atoms with Gasteiger partial charge in [-0.25, -0.2) is 9.36 Å². The van der Waals surface area contributed by atoms with Gasteiger partial charge in [-0.05, 0) is 28.9 Å². The van der Waals surface area contributed by atoms with Gasteiger partial charge in [0.05, 0.1) is 0 Å². The number of hydrogen-bond donors (Lipinski definition) is 1. The monoisotopic (exact) mass is 349 g/mol. The van der Waals surface area contributed by atoms with Crippen molar-refractivity contribution in [3.05, 3.63) is 23.1 Å². The second-order valence-corrected chi connectivity index (χ2v) is 4.87. The first-order chi connectivity index (χ1) is 10.2. The van der Waals surface area contributed by atoms with E-state index in [2.05, 4.69) is 51.6 Å². The van der Waals surface area contributed by atoms with Crippen LogP contribution in [0.1, 0.15) is 6.92 Å². The van der Waals surface area contributed by atoms with E-state index in [9.17, 15) is 0 Å². The molecule has 1 N–H and O–H groups in total. The van der Waals surface area contributed by atoms with Crippen molar-refractivity contribution in [2.75, 3.05) is 11.9 Å². The van der Waals surface area contributed by atoms with Crippen molar-refractivity contribution < 1.29 is 0 Å². The average Bonchev–Trinajstić information content (AvgIpc) is 3.09. The predicted molar refractivity (Wildman–Crippen MR) is 78.8 cm³/mol. The van der Waals surface area contributed by atoms with Crippen LogP contribution in [0.3, 0.4) is 0 Å². The lowest BCUT2D eigenvalue weighted by Crippen LogP contribution is -2.11. The molecule has 0 saturated heterocycles. The van der Waals surface area contributed by atoms with Gasteiger partial charge in [0.25, 0.3) is 5.95 Å². The molecule has 0 aliphatic carbocycles. The van der Waals surface area contributed by atoms with E-state index in [4.69, 9.17) is 0 Å². The maximum absolute atomic E-state index is 4.43. The normalized spacial score (nSPS) is 10.8. The van der Waals surface area contributed by atoms with Crippen molar-refractivity contribution in [2.45, 2.75) is 6.92 Å². The summed E-state index contributed by atoms with van der Waals surface area (Å²) in [5.74, 6) is 1.36. The molecule has 0 fully saturated rings. The minimum absolute atomic E-state index is 0.425. The summed E-state index contributed by atoms with van der Waals surface area (Å²) in [4.78, 5) is 13.2. The molecule has 3 aromatic rings. The smallest absolute Gasteiger partial charge is 0.255 e. The Kier molecular flexibility index (Phi) is 3.60. The quantitative estimate of drug-likeness (QED) is 0.751. The van der Waals surface area contributed by atoms with Crippen molar-refractivity contribution in [3.63, 3.8) is 0 Å². The first-order valence-corrected chi connectivity index (χ1v) is 7.04. The van der Waals surface area contributed by atoms with E-state index < -0.39 is 0 Å². The van der Waals surface area contributed by atoms with E-state index in [1.165, 1.54) is 0 Å². The van der Waals surface area contributed by atoms with Gasteiger partial charge in [0.15, 0.2) is 10.4 Å². The molecule has 0 saturated carbocycles. The molecular formula is C11H12BrN9. The molecule has 0 spiro atoms. The van der Waals surface area contributed by atoms with Crippen molar-refractivity contribution in [3.8, 4) is 17.5 Å². The lowest BCUT2D eigenvalue weighted by Gasteiger charge is -2.07. The van der Waals surface area contributed by atoms with Crippen LogP contribution in [0.25, 0.3) is 17.5 Å². The summed E-state index contributed by atoms with van der Waals surface area (Å²) >= 11 is 3.35. The van der Waals surface area contributed by atoms with Gasteiger partial charge in [-0.2, -0.15) is 20.1 Å². The van der Waals surface area contributed by atoms with Gasteiger partial charge < -0.3 is 5.32 Å². The molecule has 108 valence electrons.